The Morgan fingerprint density at radius 3 is 2.81 bits per heavy atom. The number of aromatic nitrogens is 3. The minimum atomic E-state index is -0.829. The molecule has 1 unspecified atom stereocenters. The lowest BCUT2D eigenvalue weighted by Crippen LogP contribution is -2.43. The fraction of sp³-hybridized carbons (Fsp3) is 0.692. The highest BCUT2D eigenvalue weighted by Gasteiger charge is 2.45. The van der Waals surface area contributed by atoms with Crippen molar-refractivity contribution < 1.29 is 14.7 Å². The van der Waals surface area contributed by atoms with E-state index in [0.29, 0.717) is 25.1 Å². The van der Waals surface area contributed by atoms with E-state index >= 15 is 0 Å². The maximum Gasteiger partial charge on any atom is 0.311 e. The van der Waals surface area contributed by atoms with E-state index in [1.165, 1.54) is 0 Å². The zero-order valence-electron chi connectivity index (χ0n) is 11.9. The first-order valence-corrected chi connectivity index (χ1v) is 7.21. The third kappa shape index (κ3) is 2.29. The van der Waals surface area contributed by atoms with E-state index in [0.717, 1.165) is 13.1 Å². The largest absolute Gasteiger partial charge is 0.481 e. The van der Waals surface area contributed by atoms with Gasteiger partial charge in [0.15, 0.2) is 5.69 Å². The molecule has 2 saturated heterocycles. The summed E-state index contributed by atoms with van der Waals surface area (Å²) in [6.45, 7) is 4.21. The van der Waals surface area contributed by atoms with Gasteiger partial charge in [-0.05, 0) is 12.8 Å². The predicted molar refractivity (Wildman–Crippen MR) is 72.8 cm³/mol. The fourth-order valence-electron chi connectivity index (χ4n) is 2.84. The standard InChI is InChI=1S/C13H19N5O3/c1-2-13(12(20)21)3-4-17(8-13)11(19)10-7-18(16-15-10)9-5-14-6-9/h7,9,14H,2-6,8H2,1H3,(H,20,21). The van der Waals surface area contributed by atoms with E-state index in [2.05, 4.69) is 15.6 Å². The van der Waals surface area contributed by atoms with Crippen LogP contribution in [0.5, 0.6) is 0 Å². The molecule has 8 heteroatoms. The minimum absolute atomic E-state index is 0.231. The molecule has 3 rings (SSSR count). The number of rotatable bonds is 4. The summed E-state index contributed by atoms with van der Waals surface area (Å²) in [6, 6.07) is 0.256. The molecule has 1 atom stereocenters. The van der Waals surface area contributed by atoms with Crippen LogP contribution in [0.1, 0.15) is 36.3 Å². The number of amides is 1. The van der Waals surface area contributed by atoms with Gasteiger partial charge >= 0.3 is 5.97 Å². The quantitative estimate of drug-likeness (QED) is 0.794. The molecule has 0 spiro atoms. The molecule has 0 radical (unpaired) electrons. The van der Waals surface area contributed by atoms with Crippen LogP contribution in [-0.2, 0) is 4.79 Å². The third-order valence-electron chi connectivity index (χ3n) is 4.63. The van der Waals surface area contributed by atoms with Crippen molar-refractivity contribution in [1.82, 2.24) is 25.2 Å². The summed E-state index contributed by atoms with van der Waals surface area (Å²) in [6.07, 6.45) is 2.67. The van der Waals surface area contributed by atoms with Crippen molar-refractivity contribution in [1.29, 1.82) is 0 Å². The summed E-state index contributed by atoms with van der Waals surface area (Å²) < 4.78 is 1.70. The van der Waals surface area contributed by atoms with Crippen molar-refractivity contribution in [3.8, 4) is 0 Å². The Bertz CT molecular complexity index is 568. The van der Waals surface area contributed by atoms with Crippen molar-refractivity contribution in [3.63, 3.8) is 0 Å². The molecule has 3 heterocycles. The highest BCUT2D eigenvalue weighted by molar-refractivity contribution is 5.93. The molecule has 114 valence electrons. The van der Waals surface area contributed by atoms with E-state index in [1.54, 1.807) is 15.8 Å². The fourth-order valence-corrected chi connectivity index (χ4v) is 2.84. The van der Waals surface area contributed by atoms with Gasteiger partial charge in [-0.1, -0.05) is 12.1 Å². The second-order valence-corrected chi connectivity index (χ2v) is 5.81. The van der Waals surface area contributed by atoms with Crippen LogP contribution < -0.4 is 5.32 Å². The van der Waals surface area contributed by atoms with Crippen LogP contribution in [0.15, 0.2) is 6.20 Å². The van der Waals surface area contributed by atoms with Crippen LogP contribution in [0, 0.1) is 5.41 Å². The van der Waals surface area contributed by atoms with E-state index in [4.69, 9.17) is 0 Å². The topological polar surface area (TPSA) is 100 Å². The first kappa shape index (κ1) is 14.0. The van der Waals surface area contributed by atoms with Gasteiger partial charge in [0.25, 0.3) is 5.91 Å². The van der Waals surface area contributed by atoms with Gasteiger partial charge < -0.3 is 15.3 Å². The molecule has 2 fully saturated rings. The second kappa shape index (κ2) is 5.10. The molecule has 0 aliphatic carbocycles. The number of hydrogen-bond donors (Lipinski definition) is 2. The van der Waals surface area contributed by atoms with Gasteiger partial charge in [0.1, 0.15) is 0 Å². The van der Waals surface area contributed by atoms with Gasteiger partial charge in [-0.2, -0.15) is 0 Å². The molecule has 8 nitrogen and oxygen atoms in total. The van der Waals surface area contributed by atoms with Gasteiger partial charge in [-0.15, -0.1) is 5.10 Å². The molecule has 2 aliphatic heterocycles. The van der Waals surface area contributed by atoms with Gasteiger partial charge in [-0.3, -0.25) is 9.59 Å². The van der Waals surface area contributed by atoms with E-state index in [-0.39, 0.29) is 18.5 Å². The number of hydrogen-bond acceptors (Lipinski definition) is 5. The second-order valence-electron chi connectivity index (χ2n) is 5.81. The molecule has 1 aromatic heterocycles. The van der Waals surface area contributed by atoms with E-state index in [1.807, 2.05) is 6.92 Å². The van der Waals surface area contributed by atoms with Crippen molar-refractivity contribution in [2.75, 3.05) is 26.2 Å². The Morgan fingerprint density at radius 2 is 2.29 bits per heavy atom. The summed E-state index contributed by atoms with van der Waals surface area (Å²) in [5, 5.41) is 20.4. The van der Waals surface area contributed by atoms with E-state index in [9.17, 15) is 14.7 Å². The molecule has 2 N–H and O–H groups in total. The lowest BCUT2D eigenvalue weighted by atomic mass is 9.84. The SMILES string of the molecule is CCC1(C(=O)O)CCN(C(=O)c2cn(C3CNC3)nn2)C1. The summed E-state index contributed by atoms with van der Waals surface area (Å²) in [5.41, 5.74) is -0.525. The maximum absolute atomic E-state index is 12.4. The number of likely N-dealkylation sites (tertiary alicyclic amines) is 1. The van der Waals surface area contributed by atoms with Gasteiger partial charge in [-0.25, -0.2) is 4.68 Å². The lowest BCUT2D eigenvalue weighted by Gasteiger charge is -2.26. The molecule has 1 aromatic rings. The van der Waals surface area contributed by atoms with Crippen LogP contribution in [-0.4, -0.2) is 63.1 Å². The first-order valence-electron chi connectivity index (χ1n) is 7.21. The highest BCUT2D eigenvalue weighted by atomic mass is 16.4. The van der Waals surface area contributed by atoms with Gasteiger partial charge in [0.05, 0.1) is 17.7 Å². The number of nitrogens with one attached hydrogen (secondary N) is 1. The lowest BCUT2D eigenvalue weighted by molar-refractivity contribution is -0.148. The number of aliphatic carboxylic acids is 1. The highest BCUT2D eigenvalue weighted by Crippen LogP contribution is 2.34. The number of nitrogens with zero attached hydrogens (tertiary/aromatic N) is 4. The predicted octanol–water partition coefficient (Wildman–Crippen LogP) is -0.251. The van der Waals surface area contributed by atoms with Crippen LogP contribution in [0.4, 0.5) is 0 Å². The minimum Gasteiger partial charge on any atom is -0.481 e. The van der Waals surface area contributed by atoms with Gasteiger partial charge in [0.2, 0.25) is 0 Å². The Labute approximate surface area is 122 Å². The van der Waals surface area contributed by atoms with Crippen LogP contribution in [0.25, 0.3) is 0 Å². The Hall–Kier alpha value is -1.96. The molecule has 1 amide bonds. The molecule has 0 bridgehead atoms. The van der Waals surface area contributed by atoms with Crippen molar-refractivity contribution in [2.45, 2.75) is 25.8 Å². The summed E-state index contributed by atoms with van der Waals surface area (Å²) >= 11 is 0. The van der Waals surface area contributed by atoms with E-state index < -0.39 is 11.4 Å². The summed E-state index contributed by atoms with van der Waals surface area (Å²) in [5.74, 6) is -1.06. The van der Waals surface area contributed by atoms with Crippen molar-refractivity contribution in [2.24, 2.45) is 5.41 Å². The van der Waals surface area contributed by atoms with Crippen molar-refractivity contribution >= 4 is 11.9 Å². The average molecular weight is 293 g/mol. The normalized spacial score (nSPS) is 25.9. The zero-order chi connectivity index (χ0) is 15.0. The number of carboxylic acid groups (broad SMARTS) is 1. The van der Waals surface area contributed by atoms with Crippen LogP contribution in [0.2, 0.25) is 0 Å². The smallest absolute Gasteiger partial charge is 0.311 e. The number of carboxylic acids is 1. The molecular formula is C13H19N5O3. The molecule has 0 saturated carbocycles. The summed E-state index contributed by atoms with van der Waals surface area (Å²) in [4.78, 5) is 25.4. The molecular weight excluding hydrogens is 274 g/mol. The van der Waals surface area contributed by atoms with Crippen LogP contribution in [0.3, 0.4) is 0 Å². The first-order chi connectivity index (χ1) is 10.1. The average Bonchev–Trinajstić information content (AvgIpc) is 3.03. The monoisotopic (exact) mass is 293 g/mol. The van der Waals surface area contributed by atoms with Gasteiger partial charge in [0, 0.05) is 26.2 Å². The maximum atomic E-state index is 12.4. The van der Waals surface area contributed by atoms with Crippen LogP contribution >= 0.6 is 0 Å². The Morgan fingerprint density at radius 1 is 1.52 bits per heavy atom. The molecule has 2 aliphatic rings. The third-order valence-corrected chi connectivity index (χ3v) is 4.63. The zero-order valence-corrected chi connectivity index (χ0v) is 11.9. The molecule has 21 heavy (non-hydrogen) atoms. The number of carbonyl (C=O) groups excluding carboxylic acids is 1. The van der Waals surface area contributed by atoms with Crippen molar-refractivity contribution in [3.05, 3.63) is 11.9 Å². The molecule has 0 aromatic carbocycles. The summed E-state index contributed by atoms with van der Waals surface area (Å²) in [7, 11) is 0. The number of carbonyl (C=O) groups is 2. The Balaban J connectivity index is 1.71. The Kier molecular flexibility index (Phi) is 3.40.